The molecule has 1 unspecified atom stereocenters. The van der Waals surface area contributed by atoms with Crippen LogP contribution in [0.1, 0.15) is 25.7 Å². The summed E-state index contributed by atoms with van der Waals surface area (Å²) in [6.45, 7) is 4.33. The van der Waals surface area contributed by atoms with Gasteiger partial charge >= 0.3 is 0 Å². The summed E-state index contributed by atoms with van der Waals surface area (Å²) in [6.07, 6.45) is 0. The summed E-state index contributed by atoms with van der Waals surface area (Å²) < 4.78 is 1.19. The number of alkyl halides is 1. The van der Waals surface area contributed by atoms with Crippen molar-refractivity contribution < 1.29 is 0 Å². The Morgan fingerprint density at radius 3 is 2.47 bits per heavy atom. The Labute approximate surface area is 115 Å². The zero-order valence-corrected chi connectivity index (χ0v) is 13.2. The normalized spacial score (nSPS) is 13.1. The van der Waals surface area contributed by atoms with E-state index in [1.165, 1.54) is 24.7 Å². The molecular weight excluding hydrogens is 356 g/mol. The summed E-state index contributed by atoms with van der Waals surface area (Å²) >= 11 is 10.9. The zero-order chi connectivity index (χ0) is 11.0. The number of hydrogen-bond donors (Lipinski definition) is 0. The van der Waals surface area contributed by atoms with Gasteiger partial charge in [-0.25, -0.2) is 0 Å². The minimum atomic E-state index is 0.332. The smallest absolute Gasteiger partial charge is 0.0749 e. The maximum atomic E-state index is 3.77. The second-order valence-electron chi connectivity index (χ2n) is 3.45. The zero-order valence-electron chi connectivity index (χ0n) is 8.38. The van der Waals surface area contributed by atoms with E-state index in [4.69, 9.17) is 0 Å². The Hall–Kier alpha value is 0.360. The summed E-state index contributed by atoms with van der Waals surface area (Å²) in [5.74, 6) is 0. The number of aryl methyl sites for hydroxylation is 2. The highest BCUT2D eigenvalue weighted by atomic mass is 79.9. The van der Waals surface area contributed by atoms with E-state index in [2.05, 4.69) is 63.2 Å². The third kappa shape index (κ3) is 2.54. The summed E-state index contributed by atoms with van der Waals surface area (Å²) in [6, 6.07) is 4.42. The molecule has 2 rings (SSSR count). The first-order valence-corrected chi connectivity index (χ1v) is 7.93. The molecule has 0 aliphatic rings. The molecule has 0 fully saturated rings. The fourth-order valence-corrected chi connectivity index (χ4v) is 4.84. The molecule has 0 amide bonds. The lowest BCUT2D eigenvalue weighted by Gasteiger charge is -2.06. The van der Waals surface area contributed by atoms with Crippen LogP contribution < -0.4 is 0 Å². The topological polar surface area (TPSA) is 0 Å². The third-order valence-electron chi connectivity index (χ3n) is 2.19. The van der Waals surface area contributed by atoms with Crippen molar-refractivity contribution in [3.8, 4) is 0 Å². The van der Waals surface area contributed by atoms with Crippen LogP contribution in [0.15, 0.2) is 21.3 Å². The summed E-state index contributed by atoms with van der Waals surface area (Å²) in [7, 11) is 0. The molecule has 0 radical (unpaired) electrons. The molecule has 0 aliphatic heterocycles. The van der Waals surface area contributed by atoms with Crippen molar-refractivity contribution in [2.24, 2.45) is 0 Å². The van der Waals surface area contributed by atoms with Crippen LogP contribution in [0, 0.1) is 13.8 Å². The van der Waals surface area contributed by atoms with Gasteiger partial charge in [-0.3, -0.25) is 0 Å². The van der Waals surface area contributed by atoms with E-state index in [9.17, 15) is 0 Å². The molecule has 0 N–H and O–H groups in total. The van der Waals surface area contributed by atoms with Gasteiger partial charge in [-0.15, -0.1) is 22.7 Å². The standard InChI is InChI=1S/C11H10Br2S2/c1-6-3-7(2)15-11(6)10(13)8-4-9(12)14-5-8/h3-5,10H,1-2H3. The third-order valence-corrected chi connectivity index (χ3v) is 6.22. The number of halogens is 2. The first-order chi connectivity index (χ1) is 7.08. The predicted octanol–water partition coefficient (Wildman–Crippen LogP) is 5.67. The molecule has 0 spiro atoms. The summed E-state index contributed by atoms with van der Waals surface area (Å²) in [5, 5.41) is 2.19. The molecule has 2 heterocycles. The molecule has 1 atom stereocenters. The summed E-state index contributed by atoms with van der Waals surface area (Å²) in [4.78, 5) is 3.12. The van der Waals surface area contributed by atoms with Gasteiger partial charge in [0.2, 0.25) is 0 Å². The van der Waals surface area contributed by atoms with E-state index >= 15 is 0 Å². The van der Waals surface area contributed by atoms with Crippen LogP contribution in [-0.4, -0.2) is 0 Å². The molecule has 0 nitrogen and oxygen atoms in total. The molecule has 15 heavy (non-hydrogen) atoms. The van der Waals surface area contributed by atoms with Crippen LogP contribution in [0.3, 0.4) is 0 Å². The van der Waals surface area contributed by atoms with E-state index in [1.54, 1.807) is 11.3 Å². The molecule has 2 aromatic rings. The van der Waals surface area contributed by atoms with Crippen molar-refractivity contribution >= 4 is 54.5 Å². The van der Waals surface area contributed by atoms with Crippen LogP contribution in [-0.2, 0) is 0 Å². The quantitative estimate of drug-likeness (QED) is 0.601. The fraction of sp³-hybridized carbons (Fsp3) is 0.273. The van der Waals surface area contributed by atoms with Gasteiger partial charge in [-0.2, -0.15) is 0 Å². The molecule has 2 aromatic heterocycles. The molecule has 0 saturated carbocycles. The van der Waals surface area contributed by atoms with Gasteiger partial charge in [-0.1, -0.05) is 15.9 Å². The average molecular weight is 366 g/mol. The van der Waals surface area contributed by atoms with Crippen molar-refractivity contribution in [2.45, 2.75) is 18.7 Å². The van der Waals surface area contributed by atoms with E-state index in [-0.39, 0.29) is 0 Å². The maximum Gasteiger partial charge on any atom is 0.0749 e. The lowest BCUT2D eigenvalue weighted by molar-refractivity contribution is 1.21. The Kier molecular flexibility index (Phi) is 3.71. The van der Waals surface area contributed by atoms with Crippen LogP contribution >= 0.6 is 54.5 Å². The highest BCUT2D eigenvalue weighted by Gasteiger charge is 2.16. The highest BCUT2D eigenvalue weighted by Crippen LogP contribution is 2.40. The van der Waals surface area contributed by atoms with E-state index in [0.717, 1.165) is 0 Å². The Morgan fingerprint density at radius 2 is 2.00 bits per heavy atom. The first kappa shape index (κ1) is 11.8. The minimum Gasteiger partial charge on any atom is -0.144 e. The van der Waals surface area contributed by atoms with Crippen LogP contribution in [0.2, 0.25) is 0 Å². The first-order valence-electron chi connectivity index (χ1n) is 4.53. The van der Waals surface area contributed by atoms with Gasteiger partial charge < -0.3 is 0 Å². The van der Waals surface area contributed by atoms with E-state index in [1.807, 2.05) is 11.3 Å². The lowest BCUT2D eigenvalue weighted by Crippen LogP contribution is -1.88. The second kappa shape index (κ2) is 4.70. The molecule has 0 aliphatic carbocycles. The Morgan fingerprint density at radius 1 is 1.27 bits per heavy atom. The largest absolute Gasteiger partial charge is 0.144 e. The van der Waals surface area contributed by atoms with Crippen molar-refractivity contribution in [1.29, 1.82) is 0 Å². The molecular formula is C11H10Br2S2. The molecule has 80 valence electrons. The Bertz CT molecular complexity index is 471. The highest BCUT2D eigenvalue weighted by molar-refractivity contribution is 9.11. The average Bonchev–Trinajstić information content (AvgIpc) is 2.71. The van der Waals surface area contributed by atoms with E-state index < -0.39 is 0 Å². The van der Waals surface area contributed by atoms with Gasteiger partial charge in [0.1, 0.15) is 0 Å². The minimum absolute atomic E-state index is 0.332. The van der Waals surface area contributed by atoms with Gasteiger partial charge in [0.25, 0.3) is 0 Å². The van der Waals surface area contributed by atoms with Crippen molar-refractivity contribution in [3.05, 3.63) is 42.2 Å². The fourth-order valence-electron chi connectivity index (χ4n) is 1.52. The van der Waals surface area contributed by atoms with Crippen LogP contribution in [0.25, 0.3) is 0 Å². The molecule has 0 bridgehead atoms. The van der Waals surface area contributed by atoms with Gasteiger partial charge in [0.15, 0.2) is 0 Å². The second-order valence-corrected chi connectivity index (χ2v) is 7.95. The number of thiophene rings is 2. The van der Waals surface area contributed by atoms with Crippen molar-refractivity contribution in [1.82, 2.24) is 0 Å². The van der Waals surface area contributed by atoms with Crippen LogP contribution in [0.5, 0.6) is 0 Å². The maximum absolute atomic E-state index is 3.77. The number of hydrogen-bond acceptors (Lipinski definition) is 2. The monoisotopic (exact) mass is 364 g/mol. The van der Waals surface area contributed by atoms with Crippen molar-refractivity contribution in [2.75, 3.05) is 0 Å². The van der Waals surface area contributed by atoms with Gasteiger partial charge in [0.05, 0.1) is 8.61 Å². The molecule has 4 heteroatoms. The lowest BCUT2D eigenvalue weighted by atomic mass is 10.1. The number of rotatable bonds is 2. The summed E-state index contributed by atoms with van der Waals surface area (Å²) in [5.41, 5.74) is 2.71. The van der Waals surface area contributed by atoms with Gasteiger partial charge in [0, 0.05) is 9.75 Å². The van der Waals surface area contributed by atoms with Crippen molar-refractivity contribution in [3.63, 3.8) is 0 Å². The SMILES string of the molecule is Cc1cc(C)c(C(Br)c2csc(Br)c2)s1. The Balaban J connectivity index is 2.35. The van der Waals surface area contributed by atoms with Crippen LogP contribution in [0.4, 0.5) is 0 Å². The van der Waals surface area contributed by atoms with Gasteiger partial charge in [-0.05, 0) is 58.4 Å². The van der Waals surface area contributed by atoms with E-state index in [0.29, 0.717) is 4.83 Å². The molecule has 0 saturated heterocycles. The predicted molar refractivity (Wildman–Crippen MR) is 76.6 cm³/mol. The molecule has 0 aromatic carbocycles.